The van der Waals surface area contributed by atoms with E-state index in [4.69, 9.17) is 5.11 Å². The molecule has 0 saturated heterocycles. The van der Waals surface area contributed by atoms with Crippen LogP contribution in [0.4, 0.5) is 4.79 Å². The molecule has 0 aliphatic rings. The third-order valence-corrected chi connectivity index (χ3v) is 0.999. The van der Waals surface area contributed by atoms with Gasteiger partial charge in [-0.3, -0.25) is 0 Å². The predicted molar refractivity (Wildman–Crippen MR) is 15.6 cm³/mol. The number of hydrogen-bond donors (Lipinski definition) is 1. The van der Waals surface area contributed by atoms with Crippen LogP contribution < -0.4 is 0 Å². The van der Waals surface area contributed by atoms with Gasteiger partial charge in [0.2, 0.25) is 0 Å². The van der Waals surface area contributed by atoms with Crippen molar-refractivity contribution in [1.82, 2.24) is 0 Å². The van der Waals surface area contributed by atoms with E-state index in [1.807, 2.05) is 0 Å². The topological polar surface area (TPSA) is 63.6 Å². The normalized spacial score (nSPS) is 6.00. The van der Waals surface area contributed by atoms with Crippen molar-refractivity contribution in [3.63, 3.8) is 0 Å². The van der Waals surface area contributed by atoms with Crippen LogP contribution in [0, 0.1) is 0 Å². The molecule has 0 aliphatic heterocycles. The van der Waals surface area contributed by atoms with E-state index in [1.165, 1.54) is 0 Å². The molecule has 5 heteroatoms. The summed E-state index contributed by atoms with van der Waals surface area (Å²) in [7, 11) is 0. The van der Waals surface area contributed by atoms with Crippen LogP contribution in [-0.2, 0) is 5.71 Å². The summed E-state index contributed by atoms with van der Waals surface area (Å²) < 4.78 is 12.9. The molecule has 0 aliphatic carbocycles. The van der Waals surface area contributed by atoms with Gasteiger partial charge < -0.3 is 0 Å². The quantitative estimate of drug-likeness (QED) is 0.616. The zero-order valence-electron chi connectivity index (χ0n) is 2.75. The van der Waals surface area contributed by atoms with E-state index in [0.29, 0.717) is 0 Å². The van der Waals surface area contributed by atoms with E-state index in [9.17, 15) is 7.65 Å². The Labute approximate surface area is 45.5 Å². The molecule has 0 saturated carbocycles. The van der Waals surface area contributed by atoms with E-state index >= 15 is 0 Å². The van der Waals surface area contributed by atoms with Crippen molar-refractivity contribution in [2.24, 2.45) is 0 Å². The summed E-state index contributed by atoms with van der Waals surface area (Å²) in [5.41, 5.74) is 0. The zero-order chi connectivity index (χ0) is 4.99. The van der Waals surface area contributed by atoms with Crippen LogP contribution in [0.2, 0.25) is 0 Å². The second kappa shape index (κ2) is 3.14. The molecular weight excluding hydrogens is 191 g/mol. The van der Waals surface area contributed by atoms with Gasteiger partial charge in [-0.25, -0.2) is 0 Å². The molecule has 0 rings (SSSR count). The van der Waals surface area contributed by atoms with Crippen molar-refractivity contribution in [2.75, 3.05) is 0 Å². The van der Waals surface area contributed by atoms with Crippen LogP contribution in [0.3, 0.4) is 0 Å². The average molecular weight is 192 g/mol. The van der Waals surface area contributed by atoms with E-state index < -0.39 is 29.5 Å². The molecule has 0 fully saturated rings. The van der Waals surface area contributed by atoms with Gasteiger partial charge in [0.15, 0.2) is 0 Å². The van der Waals surface area contributed by atoms with Crippen LogP contribution in [0.25, 0.3) is 0 Å². The van der Waals surface area contributed by atoms with Gasteiger partial charge in [-0.05, 0) is 0 Å². The number of hydrogen-bond acceptors (Lipinski definition) is 3. The maximum atomic E-state index is 9.33. The Morgan fingerprint density at radius 2 is 2.33 bits per heavy atom. The Hall–Kier alpha value is -0.0599. The third-order valence-electron chi connectivity index (χ3n) is 0.149. The van der Waals surface area contributed by atoms with Gasteiger partial charge in [-0.15, -0.1) is 0 Å². The fourth-order valence-corrected chi connectivity index (χ4v) is 0.276. The summed E-state index contributed by atoms with van der Waals surface area (Å²) in [4.78, 5) is 9.22. The Bertz CT molecular complexity index is 67.9. The van der Waals surface area contributed by atoms with Crippen molar-refractivity contribution in [3.8, 4) is 0 Å². The zero-order valence-corrected chi connectivity index (χ0v) is 6.04. The first kappa shape index (κ1) is 5.94. The van der Waals surface area contributed by atoms with E-state index in [0.717, 1.165) is 0 Å². The number of carbonyl (C=O) groups is 1. The van der Waals surface area contributed by atoms with E-state index in [1.54, 1.807) is 0 Å². The molecule has 0 aromatic rings. The van der Waals surface area contributed by atoms with Crippen LogP contribution >= 0.6 is 0 Å². The second-order valence-electron chi connectivity index (χ2n) is 0.480. The van der Waals surface area contributed by atoms with Gasteiger partial charge >= 0.3 is 45.1 Å². The van der Waals surface area contributed by atoms with Crippen molar-refractivity contribution in [2.45, 2.75) is 0 Å². The molecule has 0 unspecified atom stereocenters. The van der Waals surface area contributed by atoms with Gasteiger partial charge in [-0.1, -0.05) is 0 Å². The Morgan fingerprint density at radius 1 is 1.83 bits per heavy atom. The molecule has 0 aromatic carbocycles. The van der Waals surface area contributed by atoms with Crippen LogP contribution in [0.5, 0.6) is 0 Å². The summed E-state index contributed by atoms with van der Waals surface area (Å²) in [6, 6.07) is 0. The molecule has 0 spiro atoms. The van der Waals surface area contributed by atoms with Gasteiger partial charge in [-0.2, -0.15) is 0 Å². The van der Waals surface area contributed by atoms with E-state index in [-0.39, 0.29) is 0 Å². The first-order chi connectivity index (χ1) is 2.77. The molecule has 0 radical (unpaired) electrons. The van der Waals surface area contributed by atoms with Crippen molar-refractivity contribution in [1.29, 1.82) is 0 Å². The molecule has 0 bridgehead atoms. The summed E-state index contributed by atoms with van der Waals surface area (Å²) >= 11 is -2.34. The molecule has 6 heavy (non-hydrogen) atoms. The number of carboxylic acid groups (broad SMARTS) is 1. The summed E-state index contributed by atoms with van der Waals surface area (Å²) in [5, 5.41) is 7.54. The summed E-state index contributed by atoms with van der Waals surface area (Å²) in [6.07, 6.45) is -1.44. The number of rotatable bonds is 1. The molecule has 0 heterocycles. The summed E-state index contributed by atoms with van der Waals surface area (Å²) in [6.45, 7) is 0. The second-order valence-corrected chi connectivity index (χ2v) is 1.70. The monoisotopic (exact) mass is 192 g/mol. The van der Waals surface area contributed by atoms with Gasteiger partial charge in [0.25, 0.3) is 0 Å². The Kier molecular flexibility index (Phi) is 3.11. The molecule has 0 amide bonds. The fourth-order valence-electron chi connectivity index (χ4n) is 0.0412. The standard InChI is InChI=1S/CH2O3.In.O/c2-1(3)4;;/h(H2,2,3,4);;/q;+1;/p-1. The summed E-state index contributed by atoms with van der Waals surface area (Å²) in [5.74, 6) is 0. The molecular formula is CHInO4. The Balaban J connectivity index is 3.05. The van der Waals surface area contributed by atoms with Crippen LogP contribution in [0.15, 0.2) is 0 Å². The van der Waals surface area contributed by atoms with Gasteiger partial charge in [0, 0.05) is 0 Å². The fraction of sp³-hybridized carbons (Fsp3) is 0. The first-order valence-electron chi connectivity index (χ1n) is 1.10. The minimum absolute atomic E-state index is 1.44. The van der Waals surface area contributed by atoms with Crippen LogP contribution in [0.1, 0.15) is 0 Å². The SMILES string of the molecule is [O]=[In][O]C(=O)O. The molecule has 32 valence electrons. The van der Waals surface area contributed by atoms with Crippen molar-refractivity contribution in [3.05, 3.63) is 0 Å². The predicted octanol–water partition coefficient (Wildman–Crippen LogP) is -0.354. The van der Waals surface area contributed by atoms with Crippen molar-refractivity contribution >= 4 is 29.5 Å². The molecule has 0 aromatic heterocycles. The first-order valence-corrected chi connectivity index (χ1v) is 3.79. The molecule has 0 atom stereocenters. The maximum absolute atomic E-state index is 9.33. The molecule has 1 N–H and O–H groups in total. The van der Waals surface area contributed by atoms with Gasteiger partial charge in [0.05, 0.1) is 0 Å². The average Bonchev–Trinajstić information content (AvgIpc) is 1.35. The van der Waals surface area contributed by atoms with Crippen molar-refractivity contribution < 1.29 is 15.6 Å². The minimum atomic E-state index is -2.34. The van der Waals surface area contributed by atoms with E-state index in [2.05, 4.69) is 2.85 Å². The van der Waals surface area contributed by atoms with Gasteiger partial charge in [0.1, 0.15) is 0 Å². The van der Waals surface area contributed by atoms with Crippen LogP contribution in [-0.4, -0.2) is 34.6 Å². The third kappa shape index (κ3) is 3.94. The Morgan fingerprint density at radius 3 is 2.33 bits per heavy atom. The molecule has 4 nitrogen and oxygen atoms in total.